The lowest BCUT2D eigenvalue weighted by atomic mass is 9.92. The first-order valence-electron chi connectivity index (χ1n) is 7.07. The molecule has 2 N–H and O–H groups in total. The van der Waals surface area contributed by atoms with E-state index in [1.54, 1.807) is 25.1 Å². The van der Waals surface area contributed by atoms with Gasteiger partial charge in [-0.15, -0.1) is 0 Å². The highest BCUT2D eigenvalue weighted by molar-refractivity contribution is 6.35. The number of amides is 1. The van der Waals surface area contributed by atoms with E-state index in [2.05, 4.69) is 5.32 Å². The van der Waals surface area contributed by atoms with Gasteiger partial charge in [-0.05, 0) is 38.0 Å². The van der Waals surface area contributed by atoms with Crippen LogP contribution in [0.4, 0.5) is 0 Å². The maximum Gasteiger partial charge on any atom is 0.261 e. The molecule has 1 aromatic rings. The Morgan fingerprint density at radius 1 is 1.38 bits per heavy atom. The molecule has 0 radical (unpaired) electrons. The van der Waals surface area contributed by atoms with E-state index in [4.69, 9.17) is 27.9 Å². The van der Waals surface area contributed by atoms with Gasteiger partial charge in [0.05, 0.1) is 17.2 Å². The molecule has 0 bridgehead atoms. The summed E-state index contributed by atoms with van der Waals surface area (Å²) in [6.45, 7) is 1.65. The van der Waals surface area contributed by atoms with Gasteiger partial charge in [0.1, 0.15) is 5.75 Å². The highest BCUT2D eigenvalue weighted by Crippen LogP contribution is 2.28. The number of carbonyl (C=O) groups is 1. The van der Waals surface area contributed by atoms with Crippen LogP contribution >= 0.6 is 23.2 Å². The minimum Gasteiger partial charge on any atom is -0.479 e. The first-order valence-corrected chi connectivity index (χ1v) is 7.83. The van der Waals surface area contributed by atoms with Gasteiger partial charge in [-0.3, -0.25) is 4.79 Å². The van der Waals surface area contributed by atoms with Crippen molar-refractivity contribution in [2.45, 2.75) is 50.9 Å². The summed E-state index contributed by atoms with van der Waals surface area (Å²) in [4.78, 5) is 12.1. The number of ether oxygens (including phenoxy) is 1. The fourth-order valence-electron chi connectivity index (χ4n) is 2.39. The quantitative estimate of drug-likeness (QED) is 0.890. The SMILES string of the molecule is CC(Oc1ccc(Cl)cc1Cl)C(=O)N[C@H]1CCCC[C@@H]1O. The normalized spacial score (nSPS) is 23.4. The Balaban J connectivity index is 1.92. The van der Waals surface area contributed by atoms with E-state index in [0.717, 1.165) is 25.7 Å². The first kappa shape index (κ1) is 16.4. The van der Waals surface area contributed by atoms with Crippen molar-refractivity contribution in [1.82, 2.24) is 5.32 Å². The van der Waals surface area contributed by atoms with Crippen LogP contribution in [0.2, 0.25) is 10.0 Å². The standard InChI is InChI=1S/C15H19Cl2NO3/c1-9(21-14-7-6-10(16)8-11(14)17)15(20)18-12-4-2-3-5-13(12)19/h6-9,12-13,19H,2-5H2,1H3,(H,18,20)/t9?,12-,13-/m0/s1. The van der Waals surface area contributed by atoms with E-state index in [1.165, 1.54) is 0 Å². The Morgan fingerprint density at radius 3 is 2.76 bits per heavy atom. The van der Waals surface area contributed by atoms with E-state index < -0.39 is 12.2 Å². The third-order valence-corrected chi connectivity index (χ3v) is 4.15. The van der Waals surface area contributed by atoms with Crippen molar-refractivity contribution >= 4 is 29.1 Å². The predicted octanol–water partition coefficient (Wildman–Crippen LogP) is 3.18. The van der Waals surface area contributed by atoms with Gasteiger partial charge in [0.15, 0.2) is 6.10 Å². The monoisotopic (exact) mass is 331 g/mol. The summed E-state index contributed by atoms with van der Waals surface area (Å²) in [6, 6.07) is 4.65. The zero-order valence-corrected chi connectivity index (χ0v) is 13.3. The van der Waals surface area contributed by atoms with Crippen LogP contribution in [-0.4, -0.2) is 29.3 Å². The van der Waals surface area contributed by atoms with E-state index in [1.807, 2.05) is 0 Å². The van der Waals surface area contributed by atoms with Crippen LogP contribution in [0.25, 0.3) is 0 Å². The maximum atomic E-state index is 12.1. The van der Waals surface area contributed by atoms with Crippen molar-refractivity contribution in [2.75, 3.05) is 0 Å². The van der Waals surface area contributed by atoms with Crippen molar-refractivity contribution < 1.29 is 14.6 Å². The molecular formula is C15H19Cl2NO3. The highest BCUT2D eigenvalue weighted by Gasteiger charge is 2.27. The van der Waals surface area contributed by atoms with Crippen LogP contribution in [0, 0.1) is 0 Å². The van der Waals surface area contributed by atoms with Crippen molar-refractivity contribution in [2.24, 2.45) is 0 Å². The summed E-state index contributed by atoms with van der Waals surface area (Å²) in [5.74, 6) is 0.153. The number of rotatable bonds is 4. The lowest BCUT2D eigenvalue weighted by molar-refractivity contribution is -0.129. The van der Waals surface area contributed by atoms with Crippen LogP contribution in [0.5, 0.6) is 5.75 Å². The molecule has 0 aromatic heterocycles. The van der Waals surface area contributed by atoms with Gasteiger partial charge in [-0.25, -0.2) is 0 Å². The van der Waals surface area contributed by atoms with Gasteiger partial charge in [-0.2, -0.15) is 0 Å². The van der Waals surface area contributed by atoms with Crippen LogP contribution < -0.4 is 10.1 Å². The third kappa shape index (κ3) is 4.50. The Bertz CT molecular complexity index is 510. The summed E-state index contributed by atoms with van der Waals surface area (Å²) in [5.41, 5.74) is 0. The highest BCUT2D eigenvalue weighted by atomic mass is 35.5. The van der Waals surface area contributed by atoms with Crippen LogP contribution in [0.3, 0.4) is 0 Å². The summed E-state index contributed by atoms with van der Waals surface area (Å²) in [6.07, 6.45) is 2.36. The second-order valence-corrected chi connectivity index (χ2v) is 6.15. The fourth-order valence-corrected chi connectivity index (χ4v) is 2.85. The third-order valence-electron chi connectivity index (χ3n) is 3.62. The lowest BCUT2D eigenvalue weighted by Gasteiger charge is -2.29. The van der Waals surface area contributed by atoms with Crippen molar-refractivity contribution in [1.29, 1.82) is 0 Å². The molecule has 4 nitrogen and oxygen atoms in total. The zero-order chi connectivity index (χ0) is 15.4. The van der Waals surface area contributed by atoms with Crippen molar-refractivity contribution in [3.8, 4) is 5.75 Å². The molecule has 1 aromatic carbocycles. The summed E-state index contributed by atoms with van der Waals surface area (Å²) < 4.78 is 5.55. The molecule has 1 saturated carbocycles. The van der Waals surface area contributed by atoms with Gasteiger partial charge >= 0.3 is 0 Å². The van der Waals surface area contributed by atoms with E-state index in [0.29, 0.717) is 15.8 Å². The van der Waals surface area contributed by atoms with Crippen LogP contribution in [0.15, 0.2) is 18.2 Å². The van der Waals surface area contributed by atoms with Crippen molar-refractivity contribution in [3.05, 3.63) is 28.2 Å². The fraction of sp³-hybridized carbons (Fsp3) is 0.533. The molecule has 2 rings (SSSR count). The second-order valence-electron chi connectivity index (χ2n) is 5.30. The van der Waals surface area contributed by atoms with Gasteiger partial charge in [-0.1, -0.05) is 36.0 Å². The molecule has 0 aliphatic heterocycles. The molecule has 1 amide bonds. The number of benzene rings is 1. The van der Waals surface area contributed by atoms with Gasteiger partial charge in [0.2, 0.25) is 0 Å². The summed E-state index contributed by atoms with van der Waals surface area (Å²) in [5, 5.41) is 13.6. The summed E-state index contributed by atoms with van der Waals surface area (Å²) in [7, 11) is 0. The average molecular weight is 332 g/mol. The number of hydrogen-bond donors (Lipinski definition) is 2. The Labute approximate surface area is 134 Å². The number of carbonyl (C=O) groups excluding carboxylic acids is 1. The molecule has 1 aliphatic carbocycles. The topological polar surface area (TPSA) is 58.6 Å². The molecule has 0 saturated heterocycles. The van der Waals surface area contributed by atoms with Crippen molar-refractivity contribution in [3.63, 3.8) is 0 Å². The summed E-state index contributed by atoms with van der Waals surface area (Å²) >= 11 is 11.8. The minimum atomic E-state index is -0.696. The minimum absolute atomic E-state index is 0.196. The van der Waals surface area contributed by atoms with Gasteiger partial charge < -0.3 is 15.2 Å². The Hall–Kier alpha value is -0.970. The number of aliphatic hydroxyl groups is 1. The van der Waals surface area contributed by atoms with Gasteiger partial charge in [0, 0.05) is 5.02 Å². The Kier molecular flexibility index (Phi) is 5.73. The smallest absolute Gasteiger partial charge is 0.261 e. The average Bonchev–Trinajstić information content (AvgIpc) is 2.44. The number of halogens is 2. The largest absolute Gasteiger partial charge is 0.479 e. The molecule has 116 valence electrons. The molecular weight excluding hydrogens is 313 g/mol. The zero-order valence-electron chi connectivity index (χ0n) is 11.8. The molecule has 1 fully saturated rings. The van der Waals surface area contributed by atoms with Crippen LogP contribution in [0.1, 0.15) is 32.6 Å². The van der Waals surface area contributed by atoms with E-state index >= 15 is 0 Å². The van der Waals surface area contributed by atoms with E-state index in [9.17, 15) is 9.90 Å². The number of hydrogen-bond acceptors (Lipinski definition) is 3. The molecule has 1 unspecified atom stereocenters. The molecule has 3 atom stereocenters. The number of nitrogens with one attached hydrogen (secondary N) is 1. The number of aliphatic hydroxyl groups excluding tert-OH is 1. The van der Waals surface area contributed by atoms with E-state index in [-0.39, 0.29) is 11.9 Å². The lowest BCUT2D eigenvalue weighted by Crippen LogP contribution is -2.49. The molecule has 0 spiro atoms. The molecule has 6 heteroatoms. The molecule has 21 heavy (non-hydrogen) atoms. The Morgan fingerprint density at radius 2 is 2.10 bits per heavy atom. The van der Waals surface area contributed by atoms with Crippen LogP contribution in [-0.2, 0) is 4.79 Å². The first-order chi connectivity index (χ1) is 9.97. The van der Waals surface area contributed by atoms with Gasteiger partial charge in [0.25, 0.3) is 5.91 Å². The predicted molar refractivity (Wildman–Crippen MR) is 83.0 cm³/mol. The molecule has 1 aliphatic rings. The maximum absolute atomic E-state index is 12.1. The molecule has 0 heterocycles. The second kappa shape index (κ2) is 7.34.